The lowest BCUT2D eigenvalue weighted by molar-refractivity contribution is -0.111. The van der Waals surface area contributed by atoms with Crippen molar-refractivity contribution in [2.45, 2.75) is 0 Å². The molecule has 6 heteroatoms. The molecule has 1 N–H and O–H groups in total. The van der Waals surface area contributed by atoms with Crippen molar-refractivity contribution in [1.29, 1.82) is 0 Å². The first-order valence-corrected chi connectivity index (χ1v) is 7.73. The Labute approximate surface area is 145 Å². The van der Waals surface area contributed by atoms with E-state index in [1.54, 1.807) is 48.5 Å². The molecule has 0 radical (unpaired) electrons. The molecule has 0 aliphatic carbocycles. The van der Waals surface area contributed by atoms with Crippen molar-refractivity contribution in [1.82, 2.24) is 0 Å². The third-order valence-corrected chi connectivity index (χ3v) is 3.57. The van der Waals surface area contributed by atoms with Crippen molar-refractivity contribution in [3.05, 3.63) is 59.7 Å². The predicted octanol–water partition coefficient (Wildman–Crippen LogP) is 2.90. The number of esters is 1. The smallest absolute Gasteiger partial charge is 0.337 e. The van der Waals surface area contributed by atoms with Crippen LogP contribution in [-0.2, 0) is 9.53 Å². The van der Waals surface area contributed by atoms with Gasteiger partial charge >= 0.3 is 5.97 Å². The lowest BCUT2D eigenvalue weighted by Crippen LogP contribution is -2.16. The standard InChI is InChI=1S/C19H17NO5/c1-23-19(22)14-5-2-13(3-6-14)4-9-18(21)20-15-7-8-16-17(12-15)25-11-10-24-16/h2-9,12H,10-11H2,1H3,(H,20,21). The zero-order valence-corrected chi connectivity index (χ0v) is 13.7. The van der Waals surface area contributed by atoms with Crippen LogP contribution in [0.1, 0.15) is 15.9 Å². The van der Waals surface area contributed by atoms with Gasteiger partial charge in [-0.25, -0.2) is 4.79 Å². The molecule has 6 nitrogen and oxygen atoms in total. The van der Waals surface area contributed by atoms with Crippen LogP contribution in [0, 0.1) is 0 Å². The van der Waals surface area contributed by atoms with Crippen LogP contribution in [0.15, 0.2) is 48.5 Å². The average molecular weight is 339 g/mol. The Hall–Kier alpha value is -3.28. The van der Waals surface area contributed by atoms with Crippen LogP contribution in [0.5, 0.6) is 11.5 Å². The highest BCUT2D eigenvalue weighted by Gasteiger charge is 2.12. The number of anilines is 1. The van der Waals surface area contributed by atoms with E-state index >= 15 is 0 Å². The minimum atomic E-state index is -0.396. The van der Waals surface area contributed by atoms with E-state index in [2.05, 4.69) is 10.1 Å². The summed E-state index contributed by atoms with van der Waals surface area (Å²) in [7, 11) is 1.33. The van der Waals surface area contributed by atoms with E-state index in [1.807, 2.05) is 0 Å². The second-order valence-electron chi connectivity index (χ2n) is 5.29. The molecule has 0 bridgehead atoms. The molecule has 1 aliphatic rings. The van der Waals surface area contributed by atoms with Gasteiger partial charge in [0, 0.05) is 17.8 Å². The van der Waals surface area contributed by atoms with Crippen LogP contribution >= 0.6 is 0 Å². The molecule has 0 saturated heterocycles. The molecular formula is C19H17NO5. The highest BCUT2D eigenvalue weighted by molar-refractivity contribution is 6.02. The van der Waals surface area contributed by atoms with Crippen LogP contribution in [0.3, 0.4) is 0 Å². The first-order valence-electron chi connectivity index (χ1n) is 7.73. The van der Waals surface area contributed by atoms with Crippen LogP contribution in [0.4, 0.5) is 5.69 Å². The highest BCUT2D eigenvalue weighted by Crippen LogP contribution is 2.32. The summed E-state index contributed by atoms with van der Waals surface area (Å²) in [6.07, 6.45) is 3.08. The van der Waals surface area contributed by atoms with Gasteiger partial charge in [-0.1, -0.05) is 12.1 Å². The minimum absolute atomic E-state index is 0.270. The second kappa shape index (κ2) is 7.53. The van der Waals surface area contributed by atoms with Crippen LogP contribution in [-0.4, -0.2) is 32.2 Å². The molecular weight excluding hydrogens is 322 g/mol. The van der Waals surface area contributed by atoms with Crippen molar-refractivity contribution in [3.63, 3.8) is 0 Å². The molecule has 0 unspecified atom stereocenters. The molecule has 0 aromatic heterocycles. The summed E-state index contributed by atoms with van der Waals surface area (Å²) < 4.78 is 15.6. The van der Waals surface area contributed by atoms with Gasteiger partial charge in [0.1, 0.15) is 13.2 Å². The summed E-state index contributed by atoms with van der Waals surface area (Å²) in [5.41, 5.74) is 1.88. The summed E-state index contributed by atoms with van der Waals surface area (Å²) in [4.78, 5) is 23.4. The van der Waals surface area contributed by atoms with Crippen LogP contribution < -0.4 is 14.8 Å². The topological polar surface area (TPSA) is 73.9 Å². The van der Waals surface area contributed by atoms with Gasteiger partial charge in [-0.3, -0.25) is 4.79 Å². The molecule has 2 aromatic rings. The normalized spacial score (nSPS) is 12.7. The van der Waals surface area contributed by atoms with Gasteiger partial charge in [0.05, 0.1) is 12.7 Å². The van der Waals surface area contributed by atoms with Gasteiger partial charge in [-0.2, -0.15) is 0 Å². The monoisotopic (exact) mass is 339 g/mol. The van der Waals surface area contributed by atoms with Crippen LogP contribution in [0.2, 0.25) is 0 Å². The van der Waals surface area contributed by atoms with Gasteiger partial charge < -0.3 is 19.5 Å². The number of ether oxygens (including phenoxy) is 3. The molecule has 128 valence electrons. The molecule has 0 saturated carbocycles. The van der Waals surface area contributed by atoms with Gasteiger partial charge in [0.25, 0.3) is 0 Å². The number of carbonyl (C=O) groups is 2. The Bertz CT molecular complexity index is 811. The van der Waals surface area contributed by atoms with Crippen LogP contribution in [0.25, 0.3) is 6.08 Å². The van der Waals surface area contributed by atoms with E-state index in [0.29, 0.717) is 36.0 Å². The average Bonchev–Trinajstić information content (AvgIpc) is 2.66. The lowest BCUT2D eigenvalue weighted by Gasteiger charge is -2.18. The zero-order valence-electron chi connectivity index (χ0n) is 13.7. The Kier molecular flexibility index (Phi) is 4.99. The van der Waals surface area contributed by atoms with E-state index in [1.165, 1.54) is 13.2 Å². The molecule has 2 aromatic carbocycles. The molecule has 0 atom stereocenters. The molecule has 0 spiro atoms. The zero-order chi connectivity index (χ0) is 17.6. The first-order chi connectivity index (χ1) is 12.2. The molecule has 1 heterocycles. The SMILES string of the molecule is COC(=O)c1ccc(C=CC(=O)Nc2ccc3c(c2)OCCO3)cc1. The fourth-order valence-electron chi connectivity index (χ4n) is 2.33. The minimum Gasteiger partial charge on any atom is -0.486 e. The number of nitrogens with one attached hydrogen (secondary N) is 1. The Morgan fingerprint density at radius 1 is 1.04 bits per heavy atom. The van der Waals surface area contributed by atoms with Gasteiger partial charge in [-0.05, 0) is 35.9 Å². The summed E-state index contributed by atoms with van der Waals surface area (Å²) in [5.74, 6) is 0.623. The van der Waals surface area contributed by atoms with Crippen molar-refractivity contribution in [2.24, 2.45) is 0 Å². The number of hydrogen-bond donors (Lipinski definition) is 1. The Morgan fingerprint density at radius 2 is 1.76 bits per heavy atom. The Morgan fingerprint density at radius 3 is 2.48 bits per heavy atom. The number of methoxy groups -OCH3 is 1. The van der Waals surface area contributed by atoms with Gasteiger partial charge in [-0.15, -0.1) is 0 Å². The van der Waals surface area contributed by atoms with E-state index in [4.69, 9.17) is 9.47 Å². The third-order valence-electron chi connectivity index (χ3n) is 3.57. The highest BCUT2D eigenvalue weighted by atomic mass is 16.6. The summed E-state index contributed by atoms with van der Waals surface area (Å²) in [6, 6.07) is 12.0. The Balaban J connectivity index is 1.62. The van der Waals surface area contributed by atoms with Crippen molar-refractivity contribution in [2.75, 3.05) is 25.6 Å². The van der Waals surface area contributed by atoms with Gasteiger partial charge in [0.15, 0.2) is 11.5 Å². The summed E-state index contributed by atoms with van der Waals surface area (Å²) >= 11 is 0. The maximum absolute atomic E-state index is 12.0. The maximum Gasteiger partial charge on any atom is 0.337 e. The quantitative estimate of drug-likeness (QED) is 0.685. The summed E-state index contributed by atoms with van der Waals surface area (Å²) in [6.45, 7) is 1.02. The fraction of sp³-hybridized carbons (Fsp3) is 0.158. The first kappa shape index (κ1) is 16.6. The van der Waals surface area contributed by atoms with E-state index in [0.717, 1.165) is 5.56 Å². The van der Waals surface area contributed by atoms with E-state index in [9.17, 15) is 9.59 Å². The molecule has 0 fully saturated rings. The number of fused-ring (bicyclic) bond motifs is 1. The fourth-order valence-corrected chi connectivity index (χ4v) is 2.33. The predicted molar refractivity (Wildman–Crippen MR) is 92.9 cm³/mol. The van der Waals surface area contributed by atoms with E-state index in [-0.39, 0.29) is 5.91 Å². The molecule has 1 aliphatic heterocycles. The summed E-state index contributed by atoms with van der Waals surface area (Å²) in [5, 5.41) is 2.77. The van der Waals surface area contributed by atoms with Crippen molar-refractivity contribution < 1.29 is 23.8 Å². The number of carbonyl (C=O) groups excluding carboxylic acids is 2. The van der Waals surface area contributed by atoms with E-state index < -0.39 is 5.97 Å². The number of hydrogen-bond acceptors (Lipinski definition) is 5. The number of benzene rings is 2. The lowest BCUT2D eigenvalue weighted by atomic mass is 10.1. The van der Waals surface area contributed by atoms with Crippen molar-refractivity contribution in [3.8, 4) is 11.5 Å². The molecule has 25 heavy (non-hydrogen) atoms. The largest absolute Gasteiger partial charge is 0.486 e. The third kappa shape index (κ3) is 4.17. The maximum atomic E-state index is 12.0. The van der Waals surface area contributed by atoms with Crippen molar-refractivity contribution >= 4 is 23.6 Å². The second-order valence-corrected chi connectivity index (χ2v) is 5.29. The van der Waals surface area contributed by atoms with Gasteiger partial charge in [0.2, 0.25) is 5.91 Å². The molecule has 1 amide bonds. The number of amides is 1. The molecule has 3 rings (SSSR count). The number of rotatable bonds is 4.